The first kappa shape index (κ1) is 22.5. The molecule has 0 bridgehead atoms. The summed E-state index contributed by atoms with van der Waals surface area (Å²) in [6, 6.07) is 11.3. The Labute approximate surface area is 206 Å². The number of nitrogens with zero attached hydrogens (tertiary/aromatic N) is 2. The number of hydrogen-bond acceptors (Lipinski definition) is 3. The standard InChI is InChI=1S/C31H33FN2O/c1-18(2)26-16-33-29-11-9-23(15-25(29)30(26)20-4-5-20)35-13-12-19(3)27-17-34-28-10-8-22(32)14-24(28)31(27)21-6-7-21/h8-11,14-21H,4-7,12-13H2,1-3H3. The molecule has 0 spiro atoms. The minimum absolute atomic E-state index is 0.189. The molecular formula is C31H33FN2O. The molecule has 4 heteroatoms. The number of halogens is 1. The predicted octanol–water partition coefficient (Wildman–Crippen LogP) is 8.37. The van der Waals surface area contributed by atoms with Crippen LogP contribution in [0.3, 0.4) is 0 Å². The van der Waals surface area contributed by atoms with Crippen molar-refractivity contribution in [3.63, 3.8) is 0 Å². The average molecular weight is 469 g/mol. The predicted molar refractivity (Wildman–Crippen MR) is 140 cm³/mol. The fraction of sp³-hybridized carbons (Fsp3) is 0.419. The van der Waals surface area contributed by atoms with Gasteiger partial charge in [-0.05, 0) is 114 Å². The van der Waals surface area contributed by atoms with Gasteiger partial charge in [0.1, 0.15) is 11.6 Å². The van der Waals surface area contributed by atoms with Gasteiger partial charge in [0.05, 0.1) is 17.6 Å². The molecule has 4 aromatic rings. The second-order valence-electron chi connectivity index (χ2n) is 10.8. The summed E-state index contributed by atoms with van der Waals surface area (Å²) in [6.45, 7) is 7.38. The van der Waals surface area contributed by atoms with Crippen molar-refractivity contribution in [3.8, 4) is 5.75 Å². The number of benzene rings is 2. The zero-order chi connectivity index (χ0) is 24.1. The van der Waals surface area contributed by atoms with Crippen molar-refractivity contribution < 1.29 is 9.13 Å². The minimum atomic E-state index is -0.189. The number of pyridine rings is 2. The number of aromatic nitrogens is 2. The minimum Gasteiger partial charge on any atom is -0.494 e. The van der Waals surface area contributed by atoms with Crippen molar-refractivity contribution in [1.82, 2.24) is 9.97 Å². The van der Waals surface area contributed by atoms with Crippen LogP contribution < -0.4 is 4.74 Å². The molecular weight excluding hydrogens is 435 g/mol. The highest BCUT2D eigenvalue weighted by Gasteiger charge is 2.31. The van der Waals surface area contributed by atoms with E-state index in [1.54, 1.807) is 12.1 Å². The van der Waals surface area contributed by atoms with Crippen molar-refractivity contribution in [2.75, 3.05) is 6.61 Å². The van der Waals surface area contributed by atoms with Gasteiger partial charge in [0.25, 0.3) is 0 Å². The molecule has 0 amide bonds. The zero-order valence-corrected chi connectivity index (χ0v) is 20.9. The first-order valence-corrected chi connectivity index (χ1v) is 13.1. The molecule has 0 N–H and O–H groups in total. The van der Waals surface area contributed by atoms with Gasteiger partial charge in [-0.3, -0.25) is 9.97 Å². The highest BCUT2D eigenvalue weighted by Crippen LogP contribution is 2.47. The van der Waals surface area contributed by atoms with E-state index in [0.29, 0.717) is 30.3 Å². The van der Waals surface area contributed by atoms with E-state index in [9.17, 15) is 4.39 Å². The molecule has 180 valence electrons. The van der Waals surface area contributed by atoms with Crippen molar-refractivity contribution in [2.45, 2.75) is 76.5 Å². The second kappa shape index (κ2) is 8.89. The highest BCUT2D eigenvalue weighted by molar-refractivity contribution is 5.86. The second-order valence-corrected chi connectivity index (χ2v) is 10.8. The summed E-state index contributed by atoms with van der Waals surface area (Å²) < 4.78 is 20.3. The molecule has 2 aliphatic rings. The van der Waals surface area contributed by atoms with Crippen LogP contribution in [0.2, 0.25) is 0 Å². The third-order valence-corrected chi connectivity index (χ3v) is 7.76. The molecule has 6 rings (SSSR count). The van der Waals surface area contributed by atoms with Gasteiger partial charge in [-0.15, -0.1) is 0 Å². The van der Waals surface area contributed by atoms with E-state index in [1.165, 1.54) is 59.4 Å². The number of fused-ring (bicyclic) bond motifs is 2. The van der Waals surface area contributed by atoms with E-state index in [4.69, 9.17) is 9.72 Å². The zero-order valence-electron chi connectivity index (χ0n) is 20.9. The smallest absolute Gasteiger partial charge is 0.123 e. The van der Waals surface area contributed by atoms with Crippen LogP contribution in [0.4, 0.5) is 4.39 Å². The third-order valence-electron chi connectivity index (χ3n) is 7.76. The quantitative estimate of drug-likeness (QED) is 0.260. The largest absolute Gasteiger partial charge is 0.494 e. The van der Waals surface area contributed by atoms with E-state index in [0.717, 1.165) is 28.6 Å². The summed E-state index contributed by atoms with van der Waals surface area (Å²) in [5, 5.41) is 2.23. The Bertz CT molecular complexity index is 1400. The van der Waals surface area contributed by atoms with Gasteiger partial charge in [-0.1, -0.05) is 20.8 Å². The number of hydrogen-bond donors (Lipinski definition) is 0. The van der Waals surface area contributed by atoms with Crippen LogP contribution in [0.15, 0.2) is 48.8 Å². The SMILES string of the molecule is CC(C)c1cnc2ccc(OCCC(C)c3cnc4ccc(F)cc4c3C3CC3)cc2c1C1CC1. The summed E-state index contributed by atoms with van der Waals surface area (Å²) in [4.78, 5) is 9.39. The summed E-state index contributed by atoms with van der Waals surface area (Å²) in [5.74, 6) is 2.69. The third kappa shape index (κ3) is 4.39. The Morgan fingerprint density at radius 3 is 2.09 bits per heavy atom. The Balaban J connectivity index is 1.22. The molecule has 1 atom stereocenters. The lowest BCUT2D eigenvalue weighted by molar-refractivity contribution is 0.301. The van der Waals surface area contributed by atoms with Gasteiger partial charge in [-0.25, -0.2) is 4.39 Å². The lowest BCUT2D eigenvalue weighted by Gasteiger charge is -2.19. The lowest BCUT2D eigenvalue weighted by Crippen LogP contribution is -2.07. The molecule has 2 heterocycles. The van der Waals surface area contributed by atoms with Crippen LogP contribution in [-0.2, 0) is 0 Å². The number of rotatable bonds is 8. The van der Waals surface area contributed by atoms with E-state index in [-0.39, 0.29) is 5.82 Å². The fourth-order valence-corrected chi connectivity index (χ4v) is 5.52. The Kier molecular flexibility index (Phi) is 5.70. The van der Waals surface area contributed by atoms with Crippen LogP contribution in [0.25, 0.3) is 21.8 Å². The molecule has 2 fully saturated rings. The molecule has 1 unspecified atom stereocenters. The molecule has 2 aliphatic carbocycles. The molecule has 35 heavy (non-hydrogen) atoms. The van der Waals surface area contributed by atoms with Crippen LogP contribution in [0.1, 0.15) is 98.8 Å². The molecule has 0 saturated heterocycles. The highest BCUT2D eigenvalue weighted by atomic mass is 19.1. The van der Waals surface area contributed by atoms with E-state index in [1.807, 2.05) is 12.3 Å². The Morgan fingerprint density at radius 1 is 0.829 bits per heavy atom. The monoisotopic (exact) mass is 468 g/mol. The topological polar surface area (TPSA) is 35.0 Å². The molecule has 0 radical (unpaired) electrons. The maximum Gasteiger partial charge on any atom is 0.123 e. The van der Waals surface area contributed by atoms with Crippen LogP contribution >= 0.6 is 0 Å². The first-order valence-electron chi connectivity index (χ1n) is 13.1. The van der Waals surface area contributed by atoms with Crippen LogP contribution in [0, 0.1) is 5.82 Å². The molecule has 2 aromatic heterocycles. The maximum absolute atomic E-state index is 14.0. The normalized spacial score (nSPS) is 16.8. The van der Waals surface area contributed by atoms with Crippen LogP contribution in [0.5, 0.6) is 5.75 Å². The summed E-state index contributed by atoms with van der Waals surface area (Å²) in [7, 11) is 0. The molecule has 3 nitrogen and oxygen atoms in total. The lowest BCUT2D eigenvalue weighted by atomic mass is 9.90. The van der Waals surface area contributed by atoms with Gasteiger partial charge in [0.2, 0.25) is 0 Å². The molecule has 2 saturated carbocycles. The van der Waals surface area contributed by atoms with Gasteiger partial charge in [-0.2, -0.15) is 0 Å². The summed E-state index contributed by atoms with van der Waals surface area (Å²) in [6.07, 6.45) is 9.87. The van der Waals surface area contributed by atoms with Crippen molar-refractivity contribution in [1.29, 1.82) is 0 Å². The fourth-order valence-electron chi connectivity index (χ4n) is 5.52. The van der Waals surface area contributed by atoms with Crippen molar-refractivity contribution >= 4 is 21.8 Å². The summed E-state index contributed by atoms with van der Waals surface area (Å²) >= 11 is 0. The van der Waals surface area contributed by atoms with Gasteiger partial charge >= 0.3 is 0 Å². The van der Waals surface area contributed by atoms with E-state index >= 15 is 0 Å². The first-order chi connectivity index (χ1) is 17.0. The average Bonchev–Trinajstić information content (AvgIpc) is 3.76. The van der Waals surface area contributed by atoms with Gasteiger partial charge in [0, 0.05) is 23.2 Å². The molecule has 0 aliphatic heterocycles. The van der Waals surface area contributed by atoms with Crippen LogP contribution in [-0.4, -0.2) is 16.6 Å². The maximum atomic E-state index is 14.0. The Hall–Kier alpha value is -3.01. The van der Waals surface area contributed by atoms with Gasteiger partial charge < -0.3 is 4.74 Å². The number of ether oxygens (including phenoxy) is 1. The van der Waals surface area contributed by atoms with E-state index < -0.39 is 0 Å². The Morgan fingerprint density at radius 2 is 1.43 bits per heavy atom. The van der Waals surface area contributed by atoms with E-state index in [2.05, 4.69) is 44.1 Å². The van der Waals surface area contributed by atoms with Gasteiger partial charge in [0.15, 0.2) is 0 Å². The summed E-state index contributed by atoms with van der Waals surface area (Å²) in [5.41, 5.74) is 7.34. The van der Waals surface area contributed by atoms with Crippen molar-refractivity contribution in [2.24, 2.45) is 0 Å². The van der Waals surface area contributed by atoms with Crippen molar-refractivity contribution in [3.05, 3.63) is 76.9 Å². The molecule has 2 aromatic carbocycles.